The highest BCUT2D eigenvalue weighted by molar-refractivity contribution is 6.32. The van der Waals surface area contributed by atoms with Gasteiger partial charge in [0, 0.05) is 23.2 Å². The van der Waals surface area contributed by atoms with E-state index in [0.29, 0.717) is 17.5 Å². The van der Waals surface area contributed by atoms with Crippen LogP contribution >= 0.6 is 11.6 Å². The van der Waals surface area contributed by atoms with Gasteiger partial charge in [-0.3, -0.25) is 4.98 Å². The van der Waals surface area contributed by atoms with Crippen LogP contribution in [-0.2, 0) is 9.47 Å². The Labute approximate surface area is 236 Å². The van der Waals surface area contributed by atoms with Crippen molar-refractivity contribution < 1.29 is 14.2 Å². The maximum Gasteiger partial charge on any atom is 0.185 e. The van der Waals surface area contributed by atoms with Crippen LogP contribution in [-0.4, -0.2) is 24.8 Å². The van der Waals surface area contributed by atoms with Crippen molar-refractivity contribution in [1.29, 1.82) is 0 Å². The summed E-state index contributed by atoms with van der Waals surface area (Å²) in [5.74, 6) is 1.25. The first-order chi connectivity index (χ1) is 18.7. The van der Waals surface area contributed by atoms with Crippen LogP contribution < -0.4 is 4.74 Å². The molecule has 0 aliphatic carbocycles. The summed E-state index contributed by atoms with van der Waals surface area (Å²) in [6.07, 6.45) is 21.0. The second-order valence-electron chi connectivity index (χ2n) is 10.9. The molecule has 0 N–H and O–H groups in total. The molecule has 212 valence electrons. The molecular weight excluding hydrogens is 494 g/mol. The fourth-order valence-corrected chi connectivity index (χ4v) is 5.26. The van der Waals surface area contributed by atoms with Crippen LogP contribution in [0.3, 0.4) is 0 Å². The van der Waals surface area contributed by atoms with E-state index in [-0.39, 0.29) is 6.29 Å². The molecule has 0 radical (unpaired) electrons. The maximum atomic E-state index is 6.53. The van der Waals surface area contributed by atoms with Gasteiger partial charge in [-0.15, -0.1) is 0 Å². The minimum Gasteiger partial charge on any atom is -0.492 e. The van der Waals surface area contributed by atoms with Crippen molar-refractivity contribution in [2.24, 2.45) is 5.92 Å². The van der Waals surface area contributed by atoms with Gasteiger partial charge in [-0.05, 0) is 37.1 Å². The molecule has 1 fully saturated rings. The third kappa shape index (κ3) is 11.2. The smallest absolute Gasteiger partial charge is 0.185 e. The van der Waals surface area contributed by atoms with Gasteiger partial charge in [0.15, 0.2) is 6.29 Å². The molecule has 1 saturated heterocycles. The van der Waals surface area contributed by atoms with Crippen LogP contribution in [0.5, 0.6) is 5.75 Å². The van der Waals surface area contributed by atoms with Gasteiger partial charge in [0.2, 0.25) is 0 Å². The first kappa shape index (κ1) is 30.9. The van der Waals surface area contributed by atoms with Crippen molar-refractivity contribution in [2.45, 2.75) is 116 Å². The Morgan fingerprint density at radius 3 is 2.03 bits per heavy atom. The number of halogens is 1. The zero-order valence-corrected chi connectivity index (χ0v) is 24.7. The number of benzene rings is 1. The number of aromatic nitrogens is 1. The Morgan fingerprint density at radius 1 is 0.789 bits per heavy atom. The van der Waals surface area contributed by atoms with E-state index in [4.69, 9.17) is 25.8 Å². The van der Waals surface area contributed by atoms with E-state index < -0.39 is 0 Å². The number of hydrogen-bond acceptors (Lipinski definition) is 4. The second-order valence-corrected chi connectivity index (χ2v) is 11.3. The molecule has 3 rings (SSSR count). The third-order valence-corrected chi connectivity index (χ3v) is 7.77. The normalized spacial score (nSPS) is 17.6. The Hall–Kier alpha value is -1.62. The first-order valence-corrected chi connectivity index (χ1v) is 15.7. The van der Waals surface area contributed by atoms with E-state index in [1.165, 1.54) is 89.9 Å². The van der Waals surface area contributed by atoms with E-state index in [2.05, 4.69) is 18.8 Å². The lowest BCUT2D eigenvalue weighted by Gasteiger charge is -2.29. The van der Waals surface area contributed by atoms with Gasteiger partial charge in [0.05, 0.1) is 30.5 Å². The monoisotopic (exact) mass is 543 g/mol. The van der Waals surface area contributed by atoms with Crippen molar-refractivity contribution in [1.82, 2.24) is 4.98 Å². The minimum absolute atomic E-state index is 0.326. The van der Waals surface area contributed by atoms with Gasteiger partial charge in [-0.1, -0.05) is 115 Å². The van der Waals surface area contributed by atoms with Gasteiger partial charge in [0.1, 0.15) is 5.75 Å². The van der Waals surface area contributed by atoms with E-state index in [9.17, 15) is 0 Å². The molecule has 38 heavy (non-hydrogen) atoms. The SMILES string of the molecule is CCCCCCCCCCOc1ccc(-c2ccc(C3OCC(CCCCCCCC)CO3)cn2)cc1Cl. The van der Waals surface area contributed by atoms with Crippen LogP contribution in [0.2, 0.25) is 5.02 Å². The lowest BCUT2D eigenvalue weighted by atomic mass is 10.0. The summed E-state index contributed by atoms with van der Waals surface area (Å²) >= 11 is 6.53. The summed E-state index contributed by atoms with van der Waals surface area (Å²) in [5, 5.41) is 0.628. The molecule has 5 heteroatoms. The van der Waals surface area contributed by atoms with Gasteiger partial charge < -0.3 is 14.2 Å². The maximum absolute atomic E-state index is 6.53. The second kappa shape index (κ2) is 18.6. The van der Waals surface area contributed by atoms with E-state index in [1.54, 1.807) is 0 Å². The van der Waals surface area contributed by atoms with E-state index >= 15 is 0 Å². The third-order valence-electron chi connectivity index (χ3n) is 7.47. The van der Waals surface area contributed by atoms with Gasteiger partial charge in [-0.2, -0.15) is 0 Å². The molecule has 1 aliphatic heterocycles. The fourth-order valence-electron chi connectivity index (χ4n) is 5.03. The number of hydrogen-bond donors (Lipinski definition) is 0. The highest BCUT2D eigenvalue weighted by Gasteiger charge is 2.23. The lowest BCUT2D eigenvalue weighted by molar-refractivity contribution is -0.206. The van der Waals surface area contributed by atoms with Crippen LogP contribution in [0, 0.1) is 5.92 Å². The van der Waals surface area contributed by atoms with E-state index in [1.807, 2.05) is 36.5 Å². The van der Waals surface area contributed by atoms with Crippen molar-refractivity contribution in [3.8, 4) is 17.0 Å². The van der Waals surface area contributed by atoms with Crippen molar-refractivity contribution >= 4 is 11.6 Å². The highest BCUT2D eigenvalue weighted by Crippen LogP contribution is 2.32. The van der Waals surface area contributed by atoms with Crippen LogP contribution in [0.25, 0.3) is 11.3 Å². The summed E-state index contributed by atoms with van der Waals surface area (Å²) in [4.78, 5) is 4.66. The number of rotatable bonds is 19. The number of nitrogens with zero attached hydrogens (tertiary/aromatic N) is 1. The molecule has 4 nitrogen and oxygen atoms in total. The van der Waals surface area contributed by atoms with Crippen molar-refractivity contribution in [3.63, 3.8) is 0 Å². The average molecular weight is 544 g/mol. The predicted molar refractivity (Wildman–Crippen MR) is 159 cm³/mol. The average Bonchev–Trinajstić information content (AvgIpc) is 2.95. The van der Waals surface area contributed by atoms with E-state index in [0.717, 1.165) is 42.2 Å². The van der Waals surface area contributed by atoms with Gasteiger partial charge >= 0.3 is 0 Å². The molecule has 0 atom stereocenters. The zero-order chi connectivity index (χ0) is 26.8. The zero-order valence-electron chi connectivity index (χ0n) is 23.9. The first-order valence-electron chi connectivity index (χ1n) is 15.3. The Morgan fingerprint density at radius 2 is 1.42 bits per heavy atom. The van der Waals surface area contributed by atoms with Crippen molar-refractivity contribution in [2.75, 3.05) is 19.8 Å². The molecule has 1 aromatic carbocycles. The summed E-state index contributed by atoms with van der Waals surface area (Å²) in [7, 11) is 0. The molecule has 0 spiro atoms. The molecule has 0 amide bonds. The Balaban J connectivity index is 1.36. The molecule has 0 saturated carbocycles. The lowest BCUT2D eigenvalue weighted by Crippen LogP contribution is -2.27. The molecule has 2 heterocycles. The van der Waals surface area contributed by atoms with Gasteiger partial charge in [0.25, 0.3) is 0 Å². The van der Waals surface area contributed by atoms with Crippen molar-refractivity contribution in [3.05, 3.63) is 47.1 Å². The number of pyridine rings is 1. The van der Waals surface area contributed by atoms with Crippen LogP contribution in [0.15, 0.2) is 36.5 Å². The summed E-state index contributed by atoms with van der Waals surface area (Å²) in [6.45, 7) is 6.75. The quantitative estimate of drug-likeness (QED) is 0.165. The topological polar surface area (TPSA) is 40.6 Å². The largest absolute Gasteiger partial charge is 0.492 e. The Bertz CT molecular complexity index is 880. The standard InChI is InChI=1S/C33H50ClNO3/c1-3-5-7-9-11-12-14-16-22-36-32-21-19-28(23-30(32)34)31-20-18-29(24-35-31)33-37-25-27(26-38-33)17-15-13-10-8-6-4-2/h18-21,23-24,27,33H,3-17,22,25-26H2,1-2H3. The predicted octanol–water partition coefficient (Wildman–Crippen LogP) is 10.3. The van der Waals surface area contributed by atoms with Crippen LogP contribution in [0.4, 0.5) is 0 Å². The summed E-state index contributed by atoms with van der Waals surface area (Å²) in [5.41, 5.74) is 2.82. The summed E-state index contributed by atoms with van der Waals surface area (Å²) in [6, 6.07) is 9.97. The molecule has 0 bridgehead atoms. The van der Waals surface area contributed by atoms with Gasteiger partial charge in [-0.25, -0.2) is 0 Å². The van der Waals surface area contributed by atoms with Crippen LogP contribution in [0.1, 0.15) is 122 Å². The highest BCUT2D eigenvalue weighted by atomic mass is 35.5. The molecule has 1 aliphatic rings. The molecular formula is C33H50ClNO3. The number of ether oxygens (including phenoxy) is 3. The Kier molecular flexibility index (Phi) is 15.2. The molecule has 1 aromatic heterocycles. The number of unbranched alkanes of at least 4 members (excludes halogenated alkanes) is 12. The fraction of sp³-hybridized carbons (Fsp3) is 0.667. The molecule has 2 aromatic rings. The minimum atomic E-state index is -0.326. The molecule has 0 unspecified atom stereocenters. The summed E-state index contributed by atoms with van der Waals surface area (Å²) < 4.78 is 18.0.